The lowest BCUT2D eigenvalue weighted by atomic mass is 9.61. The highest BCUT2D eigenvalue weighted by molar-refractivity contribution is 5.99. The first-order chi connectivity index (χ1) is 10.2. The number of hydrogen-bond acceptors (Lipinski definition) is 7. The van der Waals surface area contributed by atoms with E-state index < -0.39 is 38.4 Å². The SMILES string of the molecule is CCN1C[C@]2([N+](=O)[O-])C=CC(=O)[C@]([N+](=O)[O-])(C1)[C@H]2CC(C)=O. The Kier molecular flexibility index (Phi) is 3.86. The lowest BCUT2D eigenvalue weighted by molar-refractivity contribution is -0.623. The Bertz CT molecular complexity index is 588. The van der Waals surface area contributed by atoms with Crippen LogP contribution in [0.4, 0.5) is 0 Å². The molecule has 1 aliphatic heterocycles. The van der Waals surface area contributed by atoms with Gasteiger partial charge in [-0.2, -0.15) is 0 Å². The zero-order valence-corrected chi connectivity index (χ0v) is 12.4. The molecule has 0 aromatic carbocycles. The van der Waals surface area contributed by atoms with Gasteiger partial charge in [0.25, 0.3) is 5.54 Å². The van der Waals surface area contributed by atoms with E-state index in [-0.39, 0.29) is 19.5 Å². The number of carbonyl (C=O) groups excluding carboxylic acids is 2. The fourth-order valence-corrected chi connectivity index (χ4v) is 3.55. The Hall–Kier alpha value is -2.16. The third-order valence-corrected chi connectivity index (χ3v) is 4.68. The maximum atomic E-state index is 12.3. The van der Waals surface area contributed by atoms with Crippen LogP contribution < -0.4 is 0 Å². The number of fused-ring (bicyclic) bond motifs is 2. The standard InChI is InChI=1S/C13H17N3O6/c1-3-14-7-12(15(19)20)5-4-11(18)13(8-14,16(21)22)10(12)6-9(2)17/h4-5,10H,3,6-8H2,1-2H3/t10-,12+,13-/m0/s1. The molecule has 0 spiro atoms. The Morgan fingerprint density at radius 1 is 1.36 bits per heavy atom. The van der Waals surface area contributed by atoms with Gasteiger partial charge in [0.2, 0.25) is 5.78 Å². The summed E-state index contributed by atoms with van der Waals surface area (Å²) >= 11 is 0. The first kappa shape index (κ1) is 16.2. The van der Waals surface area contributed by atoms with Crippen LogP contribution in [0.3, 0.4) is 0 Å². The quantitative estimate of drug-likeness (QED) is 0.520. The average molecular weight is 311 g/mol. The summed E-state index contributed by atoms with van der Waals surface area (Å²) in [6.45, 7) is 3.02. The largest absolute Gasteiger partial charge is 0.305 e. The van der Waals surface area contributed by atoms with Gasteiger partial charge >= 0.3 is 5.54 Å². The van der Waals surface area contributed by atoms with E-state index in [9.17, 15) is 29.8 Å². The van der Waals surface area contributed by atoms with Crippen molar-refractivity contribution in [3.63, 3.8) is 0 Å². The number of likely N-dealkylation sites (N-methyl/N-ethyl adjacent to an activating group) is 1. The maximum Gasteiger partial charge on any atom is 0.305 e. The van der Waals surface area contributed by atoms with Gasteiger partial charge in [-0.15, -0.1) is 0 Å². The van der Waals surface area contributed by atoms with Crippen molar-refractivity contribution in [2.75, 3.05) is 19.6 Å². The fraction of sp³-hybridized carbons (Fsp3) is 0.692. The molecule has 120 valence electrons. The van der Waals surface area contributed by atoms with Crippen molar-refractivity contribution >= 4 is 11.6 Å². The number of carbonyl (C=O) groups is 2. The molecule has 9 heteroatoms. The second-order valence-electron chi connectivity index (χ2n) is 5.89. The molecular weight excluding hydrogens is 294 g/mol. The maximum absolute atomic E-state index is 12.3. The number of ketones is 2. The molecule has 3 atom stereocenters. The second-order valence-corrected chi connectivity index (χ2v) is 5.89. The van der Waals surface area contributed by atoms with Crippen LogP contribution >= 0.6 is 0 Å². The summed E-state index contributed by atoms with van der Waals surface area (Å²) < 4.78 is 0. The van der Waals surface area contributed by atoms with E-state index in [0.29, 0.717) is 6.54 Å². The zero-order valence-electron chi connectivity index (χ0n) is 12.4. The van der Waals surface area contributed by atoms with E-state index in [4.69, 9.17) is 0 Å². The van der Waals surface area contributed by atoms with Gasteiger partial charge in [-0.3, -0.25) is 29.9 Å². The second kappa shape index (κ2) is 5.24. The molecule has 0 aromatic rings. The van der Waals surface area contributed by atoms with Crippen LogP contribution in [0.2, 0.25) is 0 Å². The summed E-state index contributed by atoms with van der Waals surface area (Å²) in [6.07, 6.45) is 1.71. The van der Waals surface area contributed by atoms with Crippen LogP contribution in [-0.4, -0.2) is 57.0 Å². The Labute approximate surface area is 126 Å². The summed E-state index contributed by atoms with van der Waals surface area (Å²) in [7, 11) is 0. The third kappa shape index (κ3) is 2.04. The lowest BCUT2D eigenvalue weighted by Crippen LogP contribution is -2.75. The van der Waals surface area contributed by atoms with E-state index in [1.54, 1.807) is 6.92 Å². The Balaban J connectivity index is 2.71. The highest BCUT2D eigenvalue weighted by Crippen LogP contribution is 2.45. The van der Waals surface area contributed by atoms with Crippen molar-refractivity contribution in [3.8, 4) is 0 Å². The van der Waals surface area contributed by atoms with Crippen molar-refractivity contribution in [2.24, 2.45) is 5.92 Å². The van der Waals surface area contributed by atoms with Crippen molar-refractivity contribution < 1.29 is 19.4 Å². The van der Waals surface area contributed by atoms with Crippen LogP contribution in [0.15, 0.2) is 12.2 Å². The Morgan fingerprint density at radius 3 is 2.45 bits per heavy atom. The van der Waals surface area contributed by atoms with Gasteiger partial charge in [0, 0.05) is 16.3 Å². The van der Waals surface area contributed by atoms with E-state index in [1.807, 2.05) is 0 Å². The molecule has 0 aromatic heterocycles. The summed E-state index contributed by atoms with van der Waals surface area (Å²) in [5.74, 6) is -2.46. The molecule has 1 heterocycles. The number of likely N-dealkylation sites (tertiary alicyclic amines) is 1. The van der Waals surface area contributed by atoms with Crippen molar-refractivity contribution in [1.29, 1.82) is 0 Å². The molecule has 2 bridgehead atoms. The minimum atomic E-state index is -2.14. The Morgan fingerprint density at radius 2 is 2.00 bits per heavy atom. The zero-order chi connectivity index (χ0) is 16.7. The first-order valence-corrected chi connectivity index (χ1v) is 6.95. The van der Waals surface area contributed by atoms with Crippen LogP contribution in [-0.2, 0) is 9.59 Å². The van der Waals surface area contributed by atoms with Gasteiger partial charge in [0.15, 0.2) is 0 Å². The molecule has 2 rings (SSSR count). The fourth-order valence-electron chi connectivity index (χ4n) is 3.55. The summed E-state index contributed by atoms with van der Waals surface area (Å²) in [5.41, 5.74) is -3.93. The molecule has 0 saturated carbocycles. The van der Waals surface area contributed by atoms with Gasteiger partial charge in [0.1, 0.15) is 11.7 Å². The van der Waals surface area contributed by atoms with Gasteiger partial charge in [-0.05, 0) is 25.6 Å². The average Bonchev–Trinajstić information content (AvgIpc) is 2.42. The van der Waals surface area contributed by atoms with E-state index in [0.717, 1.165) is 12.2 Å². The molecular formula is C13H17N3O6. The molecule has 22 heavy (non-hydrogen) atoms. The predicted octanol–water partition coefficient (Wildman–Crippen LogP) is 0.0871. The summed E-state index contributed by atoms with van der Waals surface area (Å²) in [6, 6.07) is 0. The molecule has 0 radical (unpaired) electrons. The van der Waals surface area contributed by atoms with E-state index in [1.165, 1.54) is 11.8 Å². The minimum absolute atomic E-state index is 0.0478. The molecule has 1 saturated heterocycles. The van der Waals surface area contributed by atoms with Crippen LogP contribution in [0.25, 0.3) is 0 Å². The van der Waals surface area contributed by atoms with Crippen molar-refractivity contribution in [2.45, 2.75) is 31.3 Å². The highest BCUT2D eigenvalue weighted by atomic mass is 16.6. The van der Waals surface area contributed by atoms with Gasteiger partial charge in [-0.1, -0.05) is 6.92 Å². The molecule has 2 aliphatic rings. The number of hydrogen-bond donors (Lipinski definition) is 0. The number of rotatable bonds is 5. The molecule has 9 nitrogen and oxygen atoms in total. The number of nitrogens with zero attached hydrogens (tertiary/aromatic N) is 3. The van der Waals surface area contributed by atoms with E-state index >= 15 is 0 Å². The van der Waals surface area contributed by atoms with E-state index in [2.05, 4.69) is 0 Å². The summed E-state index contributed by atoms with van der Waals surface area (Å²) in [5, 5.41) is 23.4. The van der Waals surface area contributed by atoms with Crippen molar-refractivity contribution in [3.05, 3.63) is 32.4 Å². The molecule has 1 fully saturated rings. The van der Waals surface area contributed by atoms with Gasteiger partial charge in [0.05, 0.1) is 13.1 Å². The minimum Gasteiger partial charge on any atom is -0.300 e. The third-order valence-electron chi connectivity index (χ3n) is 4.68. The smallest absolute Gasteiger partial charge is 0.300 e. The van der Waals surface area contributed by atoms with Crippen LogP contribution in [0, 0.1) is 26.1 Å². The number of piperidine rings is 1. The molecule has 0 amide bonds. The molecule has 0 N–H and O–H groups in total. The highest BCUT2D eigenvalue weighted by Gasteiger charge is 2.73. The number of nitro groups is 2. The van der Waals surface area contributed by atoms with Crippen molar-refractivity contribution in [1.82, 2.24) is 4.90 Å². The van der Waals surface area contributed by atoms with Gasteiger partial charge < -0.3 is 4.79 Å². The number of Topliss-reactive ketones (excluding diaryl/α,β-unsaturated/α-hetero) is 1. The molecule has 0 unspecified atom stereocenters. The topological polar surface area (TPSA) is 124 Å². The first-order valence-electron chi connectivity index (χ1n) is 6.95. The van der Waals surface area contributed by atoms with Crippen LogP contribution in [0.5, 0.6) is 0 Å². The summed E-state index contributed by atoms with van der Waals surface area (Å²) in [4.78, 5) is 47.4. The predicted molar refractivity (Wildman–Crippen MR) is 74.5 cm³/mol. The molecule has 1 aliphatic carbocycles. The lowest BCUT2D eigenvalue weighted by Gasteiger charge is -2.47. The monoisotopic (exact) mass is 311 g/mol. The normalized spacial score (nSPS) is 34.5. The van der Waals surface area contributed by atoms with Crippen LogP contribution in [0.1, 0.15) is 20.3 Å². The van der Waals surface area contributed by atoms with Gasteiger partial charge in [-0.25, -0.2) is 0 Å².